The predicted molar refractivity (Wildman–Crippen MR) is 76.9 cm³/mol. The first-order valence-electron chi connectivity index (χ1n) is 6.85. The Morgan fingerprint density at radius 1 is 1.16 bits per heavy atom. The Bertz CT molecular complexity index is 364. The Morgan fingerprint density at radius 2 is 1.79 bits per heavy atom. The lowest BCUT2D eigenvalue weighted by molar-refractivity contribution is 0.162. The number of hydrogen-bond donors (Lipinski definition) is 2. The lowest BCUT2D eigenvalue weighted by Gasteiger charge is -2.27. The van der Waals surface area contributed by atoms with Crippen LogP contribution in [0.2, 0.25) is 0 Å². The van der Waals surface area contributed by atoms with Crippen LogP contribution in [0.25, 0.3) is 0 Å². The molecule has 1 atom stereocenters. The SMILES string of the molecule is CCOc1ccccc1OCCNC(C)(CC)CO. The first kappa shape index (κ1) is 15.8. The molecule has 0 amide bonds. The molecule has 0 aliphatic carbocycles. The van der Waals surface area contributed by atoms with Crippen LogP contribution in [0.15, 0.2) is 24.3 Å². The summed E-state index contributed by atoms with van der Waals surface area (Å²) >= 11 is 0. The van der Waals surface area contributed by atoms with E-state index in [1.54, 1.807) is 0 Å². The van der Waals surface area contributed by atoms with E-state index in [4.69, 9.17) is 9.47 Å². The molecule has 0 spiro atoms. The fourth-order valence-electron chi connectivity index (χ4n) is 1.65. The number of hydrogen-bond acceptors (Lipinski definition) is 4. The van der Waals surface area contributed by atoms with Crippen LogP contribution in [0, 0.1) is 0 Å². The molecule has 0 fully saturated rings. The van der Waals surface area contributed by atoms with Gasteiger partial charge in [-0.3, -0.25) is 0 Å². The van der Waals surface area contributed by atoms with E-state index >= 15 is 0 Å². The molecule has 0 aliphatic heterocycles. The number of aliphatic hydroxyl groups is 1. The van der Waals surface area contributed by atoms with Gasteiger partial charge in [-0.05, 0) is 32.4 Å². The maximum absolute atomic E-state index is 9.29. The Morgan fingerprint density at radius 3 is 2.32 bits per heavy atom. The van der Waals surface area contributed by atoms with Crippen molar-refractivity contribution in [3.63, 3.8) is 0 Å². The van der Waals surface area contributed by atoms with Crippen molar-refractivity contribution in [2.45, 2.75) is 32.7 Å². The van der Waals surface area contributed by atoms with Crippen molar-refractivity contribution in [3.05, 3.63) is 24.3 Å². The second kappa shape index (κ2) is 8.02. The zero-order valence-corrected chi connectivity index (χ0v) is 12.1. The number of rotatable bonds is 9. The third-order valence-electron chi connectivity index (χ3n) is 3.19. The number of nitrogens with one attached hydrogen (secondary N) is 1. The lowest BCUT2D eigenvalue weighted by atomic mass is 10.0. The highest BCUT2D eigenvalue weighted by Gasteiger charge is 2.19. The van der Waals surface area contributed by atoms with Gasteiger partial charge in [0.05, 0.1) is 13.2 Å². The number of ether oxygens (including phenoxy) is 2. The molecule has 1 unspecified atom stereocenters. The molecule has 0 aliphatic rings. The first-order chi connectivity index (χ1) is 9.15. The van der Waals surface area contributed by atoms with E-state index in [1.807, 2.05) is 38.1 Å². The summed E-state index contributed by atoms with van der Waals surface area (Å²) < 4.78 is 11.2. The van der Waals surface area contributed by atoms with E-state index in [-0.39, 0.29) is 12.1 Å². The first-order valence-corrected chi connectivity index (χ1v) is 6.85. The van der Waals surface area contributed by atoms with Crippen molar-refractivity contribution in [2.24, 2.45) is 0 Å². The molecule has 4 nitrogen and oxygen atoms in total. The van der Waals surface area contributed by atoms with Gasteiger partial charge in [-0.15, -0.1) is 0 Å². The largest absolute Gasteiger partial charge is 0.490 e. The molecule has 1 aromatic carbocycles. The molecule has 0 saturated heterocycles. The molecule has 108 valence electrons. The van der Waals surface area contributed by atoms with Crippen molar-refractivity contribution in [3.8, 4) is 11.5 Å². The van der Waals surface area contributed by atoms with Crippen LogP contribution in [-0.2, 0) is 0 Å². The molecule has 2 N–H and O–H groups in total. The van der Waals surface area contributed by atoms with Crippen molar-refractivity contribution in [1.82, 2.24) is 5.32 Å². The van der Waals surface area contributed by atoms with Crippen LogP contribution >= 0.6 is 0 Å². The Kier molecular flexibility index (Phi) is 6.67. The van der Waals surface area contributed by atoms with Gasteiger partial charge in [0.15, 0.2) is 11.5 Å². The molecule has 0 saturated carbocycles. The minimum atomic E-state index is -0.233. The standard InChI is InChI=1S/C15H25NO3/c1-4-15(3,12-17)16-10-11-19-14-9-7-6-8-13(14)18-5-2/h6-9,16-17H,4-5,10-12H2,1-3H3. The van der Waals surface area contributed by atoms with Crippen LogP contribution in [0.5, 0.6) is 11.5 Å². The molecule has 0 heterocycles. The molecule has 0 bridgehead atoms. The normalized spacial score (nSPS) is 13.9. The summed E-state index contributed by atoms with van der Waals surface area (Å²) in [5, 5.41) is 12.6. The zero-order valence-electron chi connectivity index (χ0n) is 12.1. The fraction of sp³-hybridized carbons (Fsp3) is 0.600. The smallest absolute Gasteiger partial charge is 0.161 e. The number of benzene rings is 1. The van der Waals surface area contributed by atoms with Crippen molar-refractivity contribution in [1.29, 1.82) is 0 Å². The fourth-order valence-corrected chi connectivity index (χ4v) is 1.65. The van der Waals surface area contributed by atoms with E-state index in [9.17, 15) is 5.11 Å². The van der Waals surface area contributed by atoms with E-state index in [1.165, 1.54) is 0 Å². The quantitative estimate of drug-likeness (QED) is 0.674. The minimum Gasteiger partial charge on any atom is -0.490 e. The third kappa shape index (κ3) is 5.09. The average molecular weight is 267 g/mol. The van der Waals surface area contributed by atoms with Gasteiger partial charge >= 0.3 is 0 Å². The average Bonchev–Trinajstić information content (AvgIpc) is 2.45. The summed E-state index contributed by atoms with van der Waals surface area (Å²) in [7, 11) is 0. The molecule has 1 rings (SSSR count). The second-order valence-electron chi connectivity index (χ2n) is 4.73. The Balaban J connectivity index is 2.41. The summed E-state index contributed by atoms with van der Waals surface area (Å²) in [5.74, 6) is 1.53. The van der Waals surface area contributed by atoms with Gasteiger partial charge in [0.1, 0.15) is 6.61 Å². The molecular formula is C15H25NO3. The third-order valence-corrected chi connectivity index (χ3v) is 3.19. The van der Waals surface area contributed by atoms with Gasteiger partial charge in [0, 0.05) is 12.1 Å². The monoisotopic (exact) mass is 267 g/mol. The Labute approximate surface area is 115 Å². The van der Waals surface area contributed by atoms with Gasteiger partial charge in [-0.2, -0.15) is 0 Å². The Hall–Kier alpha value is -1.26. The van der Waals surface area contributed by atoms with E-state index < -0.39 is 0 Å². The topological polar surface area (TPSA) is 50.7 Å². The van der Waals surface area contributed by atoms with Crippen LogP contribution in [0.3, 0.4) is 0 Å². The highest BCUT2D eigenvalue weighted by molar-refractivity contribution is 5.39. The number of aliphatic hydroxyl groups excluding tert-OH is 1. The summed E-state index contributed by atoms with van der Waals surface area (Å²) in [6.45, 7) is 7.98. The predicted octanol–water partition coefficient (Wildman–Crippen LogP) is 2.21. The lowest BCUT2D eigenvalue weighted by Crippen LogP contribution is -2.46. The van der Waals surface area contributed by atoms with Gasteiger partial charge in [-0.1, -0.05) is 19.1 Å². The van der Waals surface area contributed by atoms with Gasteiger partial charge < -0.3 is 19.9 Å². The second-order valence-corrected chi connectivity index (χ2v) is 4.73. The van der Waals surface area contributed by atoms with Crippen molar-refractivity contribution in [2.75, 3.05) is 26.4 Å². The molecule has 0 radical (unpaired) electrons. The van der Waals surface area contributed by atoms with Gasteiger partial charge in [0.25, 0.3) is 0 Å². The maximum atomic E-state index is 9.29. The van der Waals surface area contributed by atoms with E-state index in [2.05, 4.69) is 12.2 Å². The molecular weight excluding hydrogens is 242 g/mol. The zero-order chi connectivity index (χ0) is 14.1. The van der Waals surface area contributed by atoms with Crippen LogP contribution in [0.4, 0.5) is 0 Å². The van der Waals surface area contributed by atoms with Crippen LogP contribution in [-0.4, -0.2) is 37.0 Å². The highest BCUT2D eigenvalue weighted by Crippen LogP contribution is 2.26. The highest BCUT2D eigenvalue weighted by atomic mass is 16.5. The van der Waals surface area contributed by atoms with Crippen molar-refractivity contribution < 1.29 is 14.6 Å². The summed E-state index contributed by atoms with van der Waals surface area (Å²) in [4.78, 5) is 0. The van der Waals surface area contributed by atoms with Crippen molar-refractivity contribution >= 4 is 0 Å². The summed E-state index contributed by atoms with van der Waals surface area (Å²) in [5.41, 5.74) is -0.233. The summed E-state index contributed by atoms with van der Waals surface area (Å²) in [6.07, 6.45) is 0.874. The van der Waals surface area contributed by atoms with E-state index in [0.717, 1.165) is 17.9 Å². The summed E-state index contributed by atoms with van der Waals surface area (Å²) in [6, 6.07) is 7.65. The minimum absolute atomic E-state index is 0.124. The molecule has 4 heteroatoms. The van der Waals surface area contributed by atoms with Crippen LogP contribution < -0.4 is 14.8 Å². The molecule has 0 aromatic heterocycles. The maximum Gasteiger partial charge on any atom is 0.161 e. The molecule has 19 heavy (non-hydrogen) atoms. The van der Waals surface area contributed by atoms with Crippen LogP contribution in [0.1, 0.15) is 27.2 Å². The van der Waals surface area contributed by atoms with Gasteiger partial charge in [0.2, 0.25) is 0 Å². The molecule has 1 aromatic rings. The van der Waals surface area contributed by atoms with E-state index in [0.29, 0.717) is 19.8 Å². The number of para-hydroxylation sites is 2. The van der Waals surface area contributed by atoms with Gasteiger partial charge in [-0.25, -0.2) is 0 Å².